The number of carbonyl (C=O) groups excluding carboxylic acids is 1. The lowest BCUT2D eigenvalue weighted by atomic mass is 9.48. The summed E-state index contributed by atoms with van der Waals surface area (Å²) in [5.41, 5.74) is 1.73. The van der Waals surface area contributed by atoms with Crippen molar-refractivity contribution < 1.29 is 19.7 Å². The van der Waals surface area contributed by atoms with E-state index in [1.165, 1.54) is 18.4 Å². The summed E-state index contributed by atoms with van der Waals surface area (Å²) in [6.07, 6.45) is 8.05. The fourth-order valence-corrected chi connectivity index (χ4v) is 7.68. The van der Waals surface area contributed by atoms with Gasteiger partial charge in [-0.1, -0.05) is 6.07 Å². The number of carbonyl (C=O) groups is 1. The lowest BCUT2D eigenvalue weighted by Crippen LogP contribution is -2.78. The van der Waals surface area contributed by atoms with Gasteiger partial charge >= 0.3 is 0 Å². The predicted octanol–water partition coefficient (Wildman–Crippen LogP) is 2.82. The highest BCUT2D eigenvalue weighted by atomic mass is 35.5. The largest absolute Gasteiger partial charge is 0.504 e. The highest BCUT2D eigenvalue weighted by Crippen LogP contribution is 2.65. The minimum Gasteiger partial charge on any atom is -0.504 e. The lowest BCUT2D eigenvalue weighted by Gasteiger charge is -2.64. The Morgan fingerprint density at radius 2 is 2.09 bits per heavy atom. The van der Waals surface area contributed by atoms with E-state index in [9.17, 15) is 15.0 Å². The number of amides is 1. The molecule has 1 aromatic heterocycles. The van der Waals surface area contributed by atoms with Crippen LogP contribution in [0.4, 0.5) is 0 Å². The van der Waals surface area contributed by atoms with Gasteiger partial charge in [0.1, 0.15) is 6.10 Å². The molecule has 0 unspecified atom stereocenters. The molecule has 1 aromatic carbocycles. The Kier molecular flexibility index (Phi) is 5.40. The molecule has 2 bridgehead atoms. The molecule has 1 spiro atoms. The number of halogens is 1. The molecule has 3 aliphatic carbocycles. The fourth-order valence-electron chi connectivity index (χ4n) is 7.68. The summed E-state index contributed by atoms with van der Waals surface area (Å²) in [5, 5.41) is 26.4. The van der Waals surface area contributed by atoms with Crippen molar-refractivity contribution in [2.45, 2.75) is 80.6 Å². The van der Waals surface area contributed by atoms with Crippen LogP contribution in [0.3, 0.4) is 0 Å². The monoisotopic (exact) mass is 499 g/mol. The van der Waals surface area contributed by atoms with E-state index in [4.69, 9.17) is 4.74 Å². The zero-order valence-electron chi connectivity index (χ0n) is 19.8. The topological polar surface area (TPSA) is 97.8 Å². The first-order chi connectivity index (χ1) is 16.5. The second-order valence-corrected chi connectivity index (χ2v) is 11.2. The van der Waals surface area contributed by atoms with E-state index < -0.39 is 11.0 Å². The molecule has 2 saturated carbocycles. The predicted molar refractivity (Wildman–Crippen MR) is 133 cm³/mol. The van der Waals surface area contributed by atoms with Crippen molar-refractivity contribution in [3.8, 4) is 11.5 Å². The Balaban J connectivity index is 0.00000229. The van der Waals surface area contributed by atoms with Crippen molar-refractivity contribution >= 4 is 18.3 Å². The molecular formula is C27H34ClN3O4. The molecule has 35 heavy (non-hydrogen) atoms. The Morgan fingerprint density at radius 3 is 2.86 bits per heavy atom. The van der Waals surface area contributed by atoms with Gasteiger partial charge in [-0.15, -0.1) is 12.4 Å². The van der Waals surface area contributed by atoms with Gasteiger partial charge in [0.05, 0.1) is 17.1 Å². The van der Waals surface area contributed by atoms with Crippen LogP contribution in [0.2, 0.25) is 0 Å². The van der Waals surface area contributed by atoms with Crippen LogP contribution in [-0.4, -0.2) is 62.9 Å². The molecule has 188 valence electrons. The zero-order valence-corrected chi connectivity index (χ0v) is 20.7. The van der Waals surface area contributed by atoms with Gasteiger partial charge in [0.2, 0.25) is 5.91 Å². The molecule has 3 fully saturated rings. The Bertz CT molecular complexity index is 1140. The van der Waals surface area contributed by atoms with Crippen LogP contribution in [0.25, 0.3) is 0 Å². The van der Waals surface area contributed by atoms with Gasteiger partial charge in [0.25, 0.3) is 0 Å². The number of aryl methyl sites for hydroxylation is 1. The van der Waals surface area contributed by atoms with Gasteiger partial charge < -0.3 is 25.3 Å². The minimum absolute atomic E-state index is 0. The molecule has 5 atom stereocenters. The summed E-state index contributed by atoms with van der Waals surface area (Å²) in [6, 6.07) is 7.55. The number of hydrogen-bond donors (Lipinski definition) is 4. The molecule has 3 heterocycles. The molecule has 1 saturated heterocycles. The summed E-state index contributed by atoms with van der Waals surface area (Å²) in [6.45, 7) is 1.99. The zero-order chi connectivity index (χ0) is 23.1. The average Bonchev–Trinajstić information content (AvgIpc) is 3.33. The number of ether oxygens (including phenoxy) is 1. The summed E-state index contributed by atoms with van der Waals surface area (Å²) in [4.78, 5) is 18.6. The number of benzene rings is 1. The van der Waals surface area contributed by atoms with Crippen molar-refractivity contribution in [1.29, 1.82) is 0 Å². The number of likely N-dealkylation sites (tertiary alicyclic amines) is 1. The minimum atomic E-state index is -0.914. The van der Waals surface area contributed by atoms with Gasteiger partial charge in [0, 0.05) is 36.5 Å². The summed E-state index contributed by atoms with van der Waals surface area (Å²) < 4.78 is 6.52. The number of aromatic nitrogens is 1. The summed E-state index contributed by atoms with van der Waals surface area (Å²) in [7, 11) is 0. The van der Waals surface area contributed by atoms with Crippen molar-refractivity contribution in [2.24, 2.45) is 5.92 Å². The fraction of sp³-hybridized carbons (Fsp3) is 0.593. The van der Waals surface area contributed by atoms with Crippen LogP contribution >= 0.6 is 12.4 Å². The second-order valence-electron chi connectivity index (χ2n) is 11.2. The number of phenols is 1. The van der Waals surface area contributed by atoms with Crippen LogP contribution in [0.1, 0.15) is 55.3 Å². The van der Waals surface area contributed by atoms with Gasteiger partial charge in [0.15, 0.2) is 11.5 Å². The quantitative estimate of drug-likeness (QED) is 0.490. The normalized spacial score (nSPS) is 34.5. The lowest BCUT2D eigenvalue weighted by molar-refractivity contribution is -0.192. The first-order valence-corrected chi connectivity index (χ1v) is 12.9. The van der Waals surface area contributed by atoms with E-state index in [1.54, 1.807) is 6.07 Å². The second kappa shape index (κ2) is 8.15. The van der Waals surface area contributed by atoms with E-state index in [0.29, 0.717) is 31.4 Å². The van der Waals surface area contributed by atoms with E-state index in [-0.39, 0.29) is 42.3 Å². The van der Waals surface area contributed by atoms with Crippen molar-refractivity contribution in [3.63, 3.8) is 0 Å². The van der Waals surface area contributed by atoms with E-state index >= 15 is 0 Å². The van der Waals surface area contributed by atoms with Gasteiger partial charge in [-0.05, 0) is 81.2 Å². The Hall–Kier alpha value is -2.22. The SMILES string of the molecule is Cl.O=C(CCc1ccc[nH]1)N[C@@H]1CC[C@@]2(O)[C@H]3Cc4ccc(O)c5c4[C@@]2(CCN3CC2CC2)[C@H]1O5. The molecule has 1 amide bonds. The van der Waals surface area contributed by atoms with Crippen molar-refractivity contribution in [2.75, 3.05) is 13.1 Å². The molecule has 4 N–H and O–H groups in total. The summed E-state index contributed by atoms with van der Waals surface area (Å²) in [5.74, 6) is 1.44. The Morgan fingerprint density at radius 1 is 1.23 bits per heavy atom. The number of aliphatic hydroxyl groups is 1. The molecule has 2 aliphatic heterocycles. The highest BCUT2D eigenvalue weighted by molar-refractivity contribution is 5.85. The maximum Gasteiger partial charge on any atom is 0.220 e. The van der Waals surface area contributed by atoms with E-state index in [1.807, 2.05) is 24.4 Å². The maximum atomic E-state index is 12.9. The molecule has 0 radical (unpaired) electrons. The molecule has 7 rings (SSSR count). The van der Waals surface area contributed by atoms with E-state index in [2.05, 4.69) is 15.2 Å². The van der Waals surface area contributed by atoms with Crippen LogP contribution in [0.5, 0.6) is 11.5 Å². The molecular weight excluding hydrogens is 466 g/mol. The number of H-pyrrole nitrogens is 1. The molecule has 2 aromatic rings. The number of nitrogens with zero attached hydrogens (tertiary/aromatic N) is 1. The standard InChI is InChI=1S/C27H33N3O4.ClH/c31-20-7-5-17-14-21-27(33)10-9-19(29-22(32)8-6-18-2-1-12-28-18)25-26(27,23(17)24(20)34-25)11-13-30(21)15-16-3-4-16;/h1-2,5,7,12,16,19,21,25,28,31,33H,3-4,6,8-11,13-15H2,(H,29,32);1H/t19-,21-,25+,26+,27-;/m1./s1. The van der Waals surface area contributed by atoms with Crippen molar-refractivity contribution in [1.82, 2.24) is 15.2 Å². The number of nitrogens with one attached hydrogen (secondary N) is 2. The molecule has 8 heteroatoms. The average molecular weight is 500 g/mol. The number of hydrogen-bond acceptors (Lipinski definition) is 5. The number of piperidine rings is 1. The molecule has 5 aliphatic rings. The smallest absolute Gasteiger partial charge is 0.220 e. The third-order valence-electron chi connectivity index (χ3n) is 9.39. The van der Waals surface area contributed by atoms with Crippen LogP contribution < -0.4 is 10.1 Å². The third-order valence-corrected chi connectivity index (χ3v) is 9.39. The van der Waals surface area contributed by atoms with Crippen LogP contribution in [0, 0.1) is 5.92 Å². The highest BCUT2D eigenvalue weighted by Gasteiger charge is 2.73. The summed E-state index contributed by atoms with van der Waals surface area (Å²) >= 11 is 0. The van der Waals surface area contributed by atoms with Crippen LogP contribution in [-0.2, 0) is 23.1 Å². The van der Waals surface area contributed by atoms with Gasteiger partial charge in [-0.2, -0.15) is 0 Å². The van der Waals surface area contributed by atoms with Crippen molar-refractivity contribution in [3.05, 3.63) is 47.3 Å². The number of phenolic OH excluding ortho intramolecular Hbond substituents is 1. The Labute approximate surface area is 211 Å². The van der Waals surface area contributed by atoms with Gasteiger partial charge in [-0.3, -0.25) is 9.69 Å². The number of aromatic amines is 1. The first-order valence-electron chi connectivity index (χ1n) is 12.9. The molecule has 7 nitrogen and oxygen atoms in total. The van der Waals surface area contributed by atoms with E-state index in [0.717, 1.165) is 43.1 Å². The van der Waals surface area contributed by atoms with Gasteiger partial charge in [-0.25, -0.2) is 0 Å². The third kappa shape index (κ3) is 3.27. The van der Waals surface area contributed by atoms with Crippen LogP contribution in [0.15, 0.2) is 30.5 Å². The first kappa shape index (κ1) is 23.2. The number of rotatable bonds is 6. The maximum absolute atomic E-state index is 12.9. The number of aromatic hydroxyl groups is 1.